The molecule has 0 saturated heterocycles. The fraction of sp³-hybridized carbons (Fsp3) is 0.333. The van der Waals surface area contributed by atoms with Crippen LogP contribution in [0.5, 0.6) is 0 Å². The smallest absolute Gasteiger partial charge is 0.342 e. The number of nitrogens with zero attached hydrogens (tertiary/aromatic N) is 2. The molecule has 0 bridgehead atoms. The minimum Gasteiger partial charge on any atom is -0.468 e. The molecule has 1 rings (SSSR count). The Kier molecular flexibility index (Phi) is 2.77. The van der Waals surface area contributed by atoms with E-state index in [2.05, 4.69) is 14.9 Å². The first-order valence-corrected chi connectivity index (χ1v) is 3.59. The number of methoxy groups -OCH3 is 1. The molecule has 0 aromatic carbocycles. The van der Waals surface area contributed by atoms with Gasteiger partial charge in [0, 0.05) is 0 Å². The number of carbonyl (C=O) groups is 1. The molecule has 8 heteroatoms. The van der Waals surface area contributed by atoms with Gasteiger partial charge in [0.25, 0.3) is 0 Å². The van der Waals surface area contributed by atoms with Gasteiger partial charge in [0.15, 0.2) is 6.04 Å². The Bertz CT molecular complexity index is 360. The number of hydrogen-bond donors (Lipinski definition) is 2. The number of aromatic amines is 1. The lowest BCUT2D eigenvalue weighted by atomic mass is 10.2. The molecule has 0 aliphatic heterocycles. The standard InChI is InChI=1S/C6H8N4O4/c1-14-6(11)5(7)3-2-4(9-8-3)10(12)13/h2,5H,7H2,1H3,(H,8,9). The van der Waals surface area contributed by atoms with Gasteiger partial charge < -0.3 is 20.6 Å². The Labute approximate surface area is 78.2 Å². The molecular weight excluding hydrogens is 192 g/mol. The lowest BCUT2D eigenvalue weighted by Crippen LogP contribution is -2.22. The van der Waals surface area contributed by atoms with Gasteiger partial charge in [0.1, 0.15) is 5.69 Å². The van der Waals surface area contributed by atoms with Crippen LogP contribution < -0.4 is 5.73 Å². The van der Waals surface area contributed by atoms with Crippen molar-refractivity contribution in [2.75, 3.05) is 7.11 Å². The first kappa shape index (κ1) is 10.1. The molecule has 8 nitrogen and oxygen atoms in total. The van der Waals surface area contributed by atoms with Crippen molar-refractivity contribution in [3.8, 4) is 0 Å². The summed E-state index contributed by atoms with van der Waals surface area (Å²) in [5, 5.41) is 15.9. The summed E-state index contributed by atoms with van der Waals surface area (Å²) >= 11 is 0. The van der Waals surface area contributed by atoms with Crippen LogP contribution in [0.4, 0.5) is 5.82 Å². The van der Waals surface area contributed by atoms with E-state index in [-0.39, 0.29) is 11.5 Å². The highest BCUT2D eigenvalue weighted by molar-refractivity contribution is 5.76. The third kappa shape index (κ3) is 1.85. The average molecular weight is 200 g/mol. The van der Waals surface area contributed by atoms with Crippen molar-refractivity contribution < 1.29 is 14.5 Å². The number of rotatable bonds is 3. The summed E-state index contributed by atoms with van der Waals surface area (Å²) in [4.78, 5) is 20.5. The van der Waals surface area contributed by atoms with Crippen LogP contribution in [0, 0.1) is 10.1 Å². The Morgan fingerprint density at radius 2 is 2.50 bits per heavy atom. The normalized spacial score (nSPS) is 12.1. The highest BCUT2D eigenvalue weighted by atomic mass is 16.6. The topological polar surface area (TPSA) is 124 Å². The van der Waals surface area contributed by atoms with Gasteiger partial charge in [-0.05, 0) is 4.92 Å². The summed E-state index contributed by atoms with van der Waals surface area (Å²) < 4.78 is 4.35. The predicted molar refractivity (Wildman–Crippen MR) is 44.2 cm³/mol. The van der Waals surface area contributed by atoms with Crippen molar-refractivity contribution in [3.05, 3.63) is 21.9 Å². The molecule has 3 N–H and O–H groups in total. The summed E-state index contributed by atoms with van der Waals surface area (Å²) in [6.45, 7) is 0. The van der Waals surface area contributed by atoms with Crippen LogP contribution in [-0.4, -0.2) is 28.2 Å². The number of esters is 1. The third-order valence-electron chi connectivity index (χ3n) is 1.55. The fourth-order valence-electron chi connectivity index (χ4n) is 0.827. The van der Waals surface area contributed by atoms with E-state index in [4.69, 9.17) is 5.73 Å². The summed E-state index contributed by atoms with van der Waals surface area (Å²) in [6, 6.07) is -0.0216. The summed E-state index contributed by atoms with van der Waals surface area (Å²) in [5.74, 6) is -1.02. The maximum atomic E-state index is 10.9. The van der Waals surface area contributed by atoms with Crippen molar-refractivity contribution in [2.24, 2.45) is 5.73 Å². The van der Waals surface area contributed by atoms with E-state index in [9.17, 15) is 14.9 Å². The van der Waals surface area contributed by atoms with Crippen molar-refractivity contribution in [1.29, 1.82) is 0 Å². The van der Waals surface area contributed by atoms with Crippen molar-refractivity contribution in [1.82, 2.24) is 10.2 Å². The monoisotopic (exact) mass is 200 g/mol. The molecule has 0 fully saturated rings. The van der Waals surface area contributed by atoms with Gasteiger partial charge >= 0.3 is 11.8 Å². The van der Waals surface area contributed by atoms with Crippen LogP contribution in [0.1, 0.15) is 11.7 Å². The van der Waals surface area contributed by atoms with Gasteiger partial charge in [0.2, 0.25) is 0 Å². The molecule has 76 valence electrons. The second kappa shape index (κ2) is 3.83. The molecule has 0 aliphatic carbocycles. The number of nitrogens with two attached hydrogens (primary N) is 1. The first-order chi connectivity index (χ1) is 6.56. The van der Waals surface area contributed by atoms with E-state index < -0.39 is 16.9 Å². The maximum absolute atomic E-state index is 10.9. The third-order valence-corrected chi connectivity index (χ3v) is 1.55. The highest BCUT2D eigenvalue weighted by Crippen LogP contribution is 2.14. The van der Waals surface area contributed by atoms with E-state index in [0.29, 0.717) is 0 Å². The molecule has 0 spiro atoms. The van der Waals surface area contributed by atoms with E-state index in [1.165, 1.54) is 7.11 Å². The molecule has 0 saturated carbocycles. The number of aromatic nitrogens is 2. The van der Waals surface area contributed by atoms with Gasteiger partial charge in [0.05, 0.1) is 13.2 Å². The molecule has 1 aromatic rings. The highest BCUT2D eigenvalue weighted by Gasteiger charge is 2.22. The van der Waals surface area contributed by atoms with E-state index in [0.717, 1.165) is 6.07 Å². The summed E-state index contributed by atoms with van der Waals surface area (Å²) in [5.41, 5.74) is 5.46. The number of nitrogens with one attached hydrogen (secondary N) is 1. The van der Waals surface area contributed by atoms with Gasteiger partial charge in [-0.3, -0.25) is 0 Å². The van der Waals surface area contributed by atoms with Gasteiger partial charge in [-0.1, -0.05) is 5.10 Å². The SMILES string of the molecule is COC(=O)C(N)c1cc([N+](=O)[O-])[nH]n1. The molecule has 1 aromatic heterocycles. The Morgan fingerprint density at radius 1 is 1.86 bits per heavy atom. The van der Waals surface area contributed by atoms with Gasteiger partial charge in [-0.2, -0.15) is 0 Å². The number of carbonyl (C=O) groups excluding carboxylic acids is 1. The van der Waals surface area contributed by atoms with Crippen LogP contribution in [-0.2, 0) is 9.53 Å². The lowest BCUT2D eigenvalue weighted by Gasteiger charge is -2.03. The zero-order valence-electron chi connectivity index (χ0n) is 7.26. The molecule has 14 heavy (non-hydrogen) atoms. The Morgan fingerprint density at radius 3 is 2.93 bits per heavy atom. The molecular formula is C6H8N4O4. The maximum Gasteiger partial charge on any atom is 0.342 e. The van der Waals surface area contributed by atoms with Crippen molar-refractivity contribution >= 4 is 11.8 Å². The molecule has 0 radical (unpaired) electrons. The van der Waals surface area contributed by atoms with E-state index in [1.54, 1.807) is 0 Å². The number of hydrogen-bond acceptors (Lipinski definition) is 6. The second-order valence-corrected chi connectivity index (χ2v) is 2.44. The largest absolute Gasteiger partial charge is 0.468 e. The minimum atomic E-state index is -1.11. The van der Waals surface area contributed by atoms with Gasteiger partial charge in [-0.15, -0.1) is 5.10 Å². The molecule has 1 unspecified atom stereocenters. The average Bonchev–Trinajstić information content (AvgIpc) is 2.64. The number of H-pyrrole nitrogens is 1. The van der Waals surface area contributed by atoms with Gasteiger partial charge in [-0.25, -0.2) is 4.79 Å². The zero-order valence-corrected chi connectivity index (χ0v) is 7.26. The molecule has 0 amide bonds. The second-order valence-electron chi connectivity index (χ2n) is 2.44. The van der Waals surface area contributed by atoms with Crippen molar-refractivity contribution in [3.63, 3.8) is 0 Å². The quantitative estimate of drug-likeness (QED) is 0.384. The molecule has 1 atom stereocenters. The summed E-state index contributed by atoms with van der Waals surface area (Å²) in [7, 11) is 1.17. The summed E-state index contributed by atoms with van der Waals surface area (Å²) in [6.07, 6.45) is 0. The number of nitro groups is 1. The van der Waals surface area contributed by atoms with Crippen LogP contribution in [0.2, 0.25) is 0 Å². The van der Waals surface area contributed by atoms with E-state index >= 15 is 0 Å². The van der Waals surface area contributed by atoms with Crippen LogP contribution in [0.25, 0.3) is 0 Å². The first-order valence-electron chi connectivity index (χ1n) is 3.59. The van der Waals surface area contributed by atoms with E-state index in [1.807, 2.05) is 0 Å². The predicted octanol–water partition coefficient (Wildman–Crippen LogP) is -0.509. The zero-order chi connectivity index (χ0) is 10.7. The van der Waals surface area contributed by atoms with Crippen LogP contribution in [0.15, 0.2) is 6.07 Å². The van der Waals surface area contributed by atoms with Crippen LogP contribution in [0.3, 0.4) is 0 Å². The van der Waals surface area contributed by atoms with Crippen molar-refractivity contribution in [2.45, 2.75) is 6.04 Å². The molecule has 1 heterocycles. The van der Waals surface area contributed by atoms with Crippen LogP contribution >= 0.6 is 0 Å². The number of ether oxygens (including phenoxy) is 1. The minimum absolute atomic E-state index is 0.0727. The lowest BCUT2D eigenvalue weighted by molar-refractivity contribution is -0.389. The Balaban J connectivity index is 2.86. The fourth-order valence-corrected chi connectivity index (χ4v) is 0.827. The molecule has 0 aliphatic rings. The Hall–Kier alpha value is -1.96.